The number of hydrogen-bond acceptors (Lipinski definition) is 6. The molecule has 118 valence electrons. The zero-order valence-electron chi connectivity index (χ0n) is 13.2. The lowest BCUT2D eigenvalue weighted by molar-refractivity contribution is -0.194. The van der Waals surface area contributed by atoms with Gasteiger partial charge in [-0.25, -0.2) is 0 Å². The van der Waals surface area contributed by atoms with Gasteiger partial charge in [-0.05, 0) is 12.8 Å². The van der Waals surface area contributed by atoms with E-state index in [-0.39, 0.29) is 11.9 Å². The predicted octanol–water partition coefficient (Wildman–Crippen LogP) is 2.00. The van der Waals surface area contributed by atoms with Crippen LogP contribution in [0.1, 0.15) is 45.3 Å². The normalized spacial score (nSPS) is 26.0. The Bertz CT molecular complexity index is 466. The van der Waals surface area contributed by atoms with Crippen molar-refractivity contribution in [2.75, 3.05) is 19.7 Å². The van der Waals surface area contributed by atoms with Crippen molar-refractivity contribution in [1.82, 2.24) is 15.0 Å². The maximum atomic E-state index is 5.94. The van der Waals surface area contributed by atoms with E-state index >= 15 is 0 Å². The Labute approximate surface area is 125 Å². The van der Waals surface area contributed by atoms with E-state index in [1.54, 1.807) is 0 Å². The second kappa shape index (κ2) is 6.02. The van der Waals surface area contributed by atoms with Gasteiger partial charge >= 0.3 is 0 Å². The van der Waals surface area contributed by atoms with Crippen molar-refractivity contribution >= 4 is 0 Å². The molecule has 3 rings (SSSR count). The molecule has 6 heteroatoms. The summed E-state index contributed by atoms with van der Waals surface area (Å²) in [5.41, 5.74) is 0. The quantitative estimate of drug-likeness (QED) is 0.846. The van der Waals surface area contributed by atoms with E-state index in [9.17, 15) is 0 Å². The molecule has 1 spiro atoms. The largest absolute Gasteiger partial charge is 0.347 e. The molecule has 0 bridgehead atoms. The molecule has 0 aromatic carbocycles. The van der Waals surface area contributed by atoms with Crippen LogP contribution in [0.3, 0.4) is 0 Å². The molecular weight excluding hydrogens is 270 g/mol. The van der Waals surface area contributed by atoms with Gasteiger partial charge in [-0.1, -0.05) is 19.0 Å². The van der Waals surface area contributed by atoms with Gasteiger partial charge in [0.05, 0.1) is 19.3 Å². The molecule has 1 atom stereocenters. The minimum atomic E-state index is -0.340. The Balaban J connectivity index is 1.50. The van der Waals surface area contributed by atoms with Crippen molar-refractivity contribution in [2.45, 2.75) is 58.5 Å². The Morgan fingerprint density at radius 2 is 2.10 bits per heavy atom. The number of likely N-dealkylation sites (tertiary alicyclic amines) is 1. The van der Waals surface area contributed by atoms with Crippen LogP contribution >= 0.6 is 0 Å². The van der Waals surface area contributed by atoms with Gasteiger partial charge in [0.25, 0.3) is 0 Å². The van der Waals surface area contributed by atoms with Gasteiger partial charge in [-0.2, -0.15) is 4.98 Å². The first-order valence-electron chi connectivity index (χ1n) is 7.90. The van der Waals surface area contributed by atoms with Crippen LogP contribution in [0, 0.1) is 5.92 Å². The van der Waals surface area contributed by atoms with Crippen LogP contribution < -0.4 is 0 Å². The van der Waals surface area contributed by atoms with Gasteiger partial charge in [0.1, 0.15) is 0 Å². The Hall–Kier alpha value is -0.980. The fraction of sp³-hybridized carbons (Fsp3) is 0.867. The van der Waals surface area contributed by atoms with Crippen molar-refractivity contribution in [3.05, 3.63) is 11.7 Å². The summed E-state index contributed by atoms with van der Waals surface area (Å²) in [6, 6.07) is 0. The third kappa shape index (κ3) is 3.62. The van der Waals surface area contributed by atoms with Crippen LogP contribution in [0.15, 0.2) is 4.52 Å². The first-order valence-corrected chi connectivity index (χ1v) is 7.90. The Kier molecular flexibility index (Phi) is 4.28. The highest BCUT2D eigenvalue weighted by atomic mass is 16.7. The van der Waals surface area contributed by atoms with Crippen LogP contribution in [0.25, 0.3) is 0 Å². The topological polar surface area (TPSA) is 60.6 Å². The standard InChI is InChI=1S/C15H25N3O3/c1-11(2)8-13-16-14(21-17-13)9-18-6-4-15(5-7-18)19-10-12(3)20-15/h11-12H,4-10H2,1-3H3/t12-/m0/s1. The van der Waals surface area contributed by atoms with E-state index in [1.807, 2.05) is 0 Å². The average Bonchev–Trinajstić information content (AvgIpc) is 3.00. The second-order valence-electron chi connectivity index (χ2n) is 6.63. The molecule has 2 aliphatic rings. The highest BCUT2D eigenvalue weighted by Crippen LogP contribution is 2.34. The van der Waals surface area contributed by atoms with Gasteiger partial charge < -0.3 is 14.0 Å². The fourth-order valence-electron chi connectivity index (χ4n) is 3.01. The summed E-state index contributed by atoms with van der Waals surface area (Å²) in [5.74, 6) is 1.73. The SMILES string of the molecule is CC(C)Cc1noc(CN2CCC3(CC2)OC[C@H](C)O3)n1. The van der Waals surface area contributed by atoms with Crippen molar-refractivity contribution in [1.29, 1.82) is 0 Å². The average molecular weight is 295 g/mol. The summed E-state index contributed by atoms with van der Waals surface area (Å²) in [4.78, 5) is 6.79. The maximum Gasteiger partial charge on any atom is 0.240 e. The molecule has 3 heterocycles. The van der Waals surface area contributed by atoms with E-state index in [0.717, 1.165) is 44.7 Å². The van der Waals surface area contributed by atoms with E-state index in [1.165, 1.54) is 0 Å². The minimum Gasteiger partial charge on any atom is -0.347 e. The van der Waals surface area contributed by atoms with Crippen LogP contribution in [0.5, 0.6) is 0 Å². The van der Waals surface area contributed by atoms with Gasteiger partial charge in [-0.3, -0.25) is 4.90 Å². The zero-order valence-corrected chi connectivity index (χ0v) is 13.2. The molecule has 0 unspecified atom stereocenters. The molecule has 21 heavy (non-hydrogen) atoms. The third-order valence-electron chi connectivity index (χ3n) is 4.07. The number of rotatable bonds is 4. The summed E-state index contributed by atoms with van der Waals surface area (Å²) in [6.07, 6.45) is 2.90. The van der Waals surface area contributed by atoms with Crippen molar-refractivity contribution in [3.63, 3.8) is 0 Å². The van der Waals surface area contributed by atoms with Gasteiger partial charge in [0.2, 0.25) is 5.89 Å². The lowest BCUT2D eigenvalue weighted by Crippen LogP contribution is -2.45. The smallest absolute Gasteiger partial charge is 0.240 e. The molecule has 6 nitrogen and oxygen atoms in total. The van der Waals surface area contributed by atoms with Gasteiger partial charge in [0.15, 0.2) is 11.6 Å². The fourth-order valence-corrected chi connectivity index (χ4v) is 3.01. The summed E-state index contributed by atoms with van der Waals surface area (Å²) < 4.78 is 17.1. The number of nitrogens with zero attached hydrogens (tertiary/aromatic N) is 3. The molecule has 1 aromatic rings. The first-order chi connectivity index (χ1) is 10.0. The van der Waals surface area contributed by atoms with E-state index < -0.39 is 0 Å². The Morgan fingerprint density at radius 1 is 1.33 bits per heavy atom. The number of hydrogen-bond donors (Lipinski definition) is 0. The van der Waals surface area contributed by atoms with Crippen LogP contribution in [0.4, 0.5) is 0 Å². The molecule has 0 aliphatic carbocycles. The van der Waals surface area contributed by atoms with Crippen molar-refractivity contribution in [3.8, 4) is 0 Å². The van der Waals surface area contributed by atoms with Gasteiger partial charge in [-0.15, -0.1) is 0 Å². The molecule has 0 amide bonds. The molecule has 0 saturated carbocycles. The number of ether oxygens (including phenoxy) is 2. The summed E-state index contributed by atoms with van der Waals surface area (Å²) in [6.45, 7) is 9.68. The predicted molar refractivity (Wildman–Crippen MR) is 76.6 cm³/mol. The molecule has 2 fully saturated rings. The second-order valence-corrected chi connectivity index (χ2v) is 6.63. The molecule has 2 saturated heterocycles. The zero-order chi connectivity index (χ0) is 14.9. The summed E-state index contributed by atoms with van der Waals surface area (Å²) in [5, 5.41) is 4.04. The van der Waals surface area contributed by atoms with Crippen LogP contribution in [0.2, 0.25) is 0 Å². The van der Waals surface area contributed by atoms with E-state index in [0.29, 0.717) is 18.4 Å². The number of piperidine rings is 1. The van der Waals surface area contributed by atoms with Crippen LogP contribution in [-0.4, -0.2) is 46.6 Å². The molecule has 0 radical (unpaired) electrons. The van der Waals surface area contributed by atoms with Crippen LogP contribution in [-0.2, 0) is 22.4 Å². The Morgan fingerprint density at radius 3 is 2.71 bits per heavy atom. The van der Waals surface area contributed by atoms with E-state index in [4.69, 9.17) is 14.0 Å². The first kappa shape index (κ1) is 14.9. The third-order valence-corrected chi connectivity index (χ3v) is 4.07. The lowest BCUT2D eigenvalue weighted by atomic mass is 10.0. The molecule has 2 aliphatic heterocycles. The summed E-state index contributed by atoms with van der Waals surface area (Å²) in [7, 11) is 0. The van der Waals surface area contributed by atoms with Crippen molar-refractivity contribution in [2.24, 2.45) is 5.92 Å². The highest BCUT2D eigenvalue weighted by molar-refractivity contribution is 4.90. The monoisotopic (exact) mass is 295 g/mol. The molecular formula is C15H25N3O3. The lowest BCUT2D eigenvalue weighted by Gasteiger charge is -2.37. The number of aromatic nitrogens is 2. The van der Waals surface area contributed by atoms with Gasteiger partial charge in [0, 0.05) is 32.4 Å². The maximum absolute atomic E-state index is 5.94. The van der Waals surface area contributed by atoms with Crippen molar-refractivity contribution < 1.29 is 14.0 Å². The van der Waals surface area contributed by atoms with E-state index in [2.05, 4.69) is 35.8 Å². The molecule has 1 aromatic heterocycles. The highest BCUT2D eigenvalue weighted by Gasteiger charge is 2.42. The summed E-state index contributed by atoms with van der Waals surface area (Å²) >= 11 is 0. The minimum absolute atomic E-state index is 0.214. The molecule has 0 N–H and O–H groups in total.